The van der Waals surface area contributed by atoms with Gasteiger partial charge >= 0.3 is 5.97 Å². The Morgan fingerprint density at radius 1 is 1.35 bits per heavy atom. The number of benzene rings is 1. The van der Waals surface area contributed by atoms with Gasteiger partial charge in [0.15, 0.2) is 0 Å². The van der Waals surface area contributed by atoms with Gasteiger partial charge in [-0.2, -0.15) is 4.98 Å². The van der Waals surface area contributed by atoms with Crippen molar-refractivity contribution in [2.75, 3.05) is 6.61 Å². The van der Waals surface area contributed by atoms with Gasteiger partial charge in [-0.25, -0.2) is 4.79 Å². The van der Waals surface area contributed by atoms with Crippen molar-refractivity contribution in [1.29, 1.82) is 0 Å². The molecule has 2 heterocycles. The lowest BCUT2D eigenvalue weighted by atomic mass is 10.0. The zero-order valence-electron chi connectivity index (χ0n) is 11.0. The Kier molecular flexibility index (Phi) is 3.02. The maximum atomic E-state index is 10.8. The molecule has 1 atom stereocenters. The summed E-state index contributed by atoms with van der Waals surface area (Å²) in [6, 6.07) is 6.36. The zero-order valence-corrected chi connectivity index (χ0v) is 11.0. The first-order valence-electron chi connectivity index (χ1n) is 6.40. The van der Waals surface area contributed by atoms with Crippen LogP contribution in [0.3, 0.4) is 0 Å². The molecule has 1 saturated heterocycles. The van der Waals surface area contributed by atoms with Crippen molar-refractivity contribution in [3.63, 3.8) is 0 Å². The Balaban J connectivity index is 1.88. The Labute approximate surface area is 115 Å². The van der Waals surface area contributed by atoms with E-state index in [9.17, 15) is 4.79 Å². The van der Waals surface area contributed by atoms with E-state index in [1.165, 1.54) is 12.1 Å². The summed E-state index contributed by atoms with van der Waals surface area (Å²) in [5, 5.41) is 12.8. The lowest BCUT2D eigenvalue weighted by Crippen LogP contribution is -2.20. The highest BCUT2D eigenvalue weighted by Crippen LogP contribution is 2.35. The van der Waals surface area contributed by atoms with Crippen LogP contribution in [0.4, 0.5) is 0 Å². The normalized spacial score (nSPS) is 22.1. The van der Waals surface area contributed by atoms with Crippen molar-refractivity contribution in [1.82, 2.24) is 10.1 Å². The van der Waals surface area contributed by atoms with E-state index in [0.29, 0.717) is 23.9 Å². The minimum atomic E-state index is -0.961. The van der Waals surface area contributed by atoms with Crippen LogP contribution in [0, 0.1) is 0 Å². The number of nitrogens with zero attached hydrogens (tertiary/aromatic N) is 2. The van der Waals surface area contributed by atoms with Crippen molar-refractivity contribution < 1.29 is 19.2 Å². The highest BCUT2D eigenvalue weighted by molar-refractivity contribution is 5.88. The van der Waals surface area contributed by atoms with Crippen LogP contribution < -0.4 is 0 Å². The van der Waals surface area contributed by atoms with Gasteiger partial charge in [-0.15, -0.1) is 0 Å². The second kappa shape index (κ2) is 4.72. The van der Waals surface area contributed by atoms with Crippen molar-refractivity contribution in [3.8, 4) is 11.4 Å². The number of aromatic nitrogens is 2. The average Bonchev–Trinajstić information content (AvgIpc) is 3.08. The van der Waals surface area contributed by atoms with Gasteiger partial charge in [0.1, 0.15) is 5.60 Å². The first-order valence-corrected chi connectivity index (χ1v) is 6.40. The van der Waals surface area contributed by atoms with Gasteiger partial charge in [0.2, 0.25) is 5.82 Å². The fourth-order valence-electron chi connectivity index (χ4n) is 2.27. The number of hydrogen-bond donors (Lipinski definition) is 1. The Morgan fingerprint density at radius 3 is 2.70 bits per heavy atom. The molecule has 1 unspecified atom stereocenters. The molecule has 1 aliphatic rings. The predicted octanol–water partition coefficient (Wildman–Crippen LogP) is 2.46. The average molecular weight is 274 g/mol. The maximum Gasteiger partial charge on any atom is 0.335 e. The van der Waals surface area contributed by atoms with Crippen molar-refractivity contribution in [2.24, 2.45) is 0 Å². The van der Waals surface area contributed by atoms with Crippen LogP contribution in [0.25, 0.3) is 11.4 Å². The number of carbonyl (C=O) groups is 1. The number of rotatable bonds is 3. The minimum Gasteiger partial charge on any atom is -0.478 e. The standard InChI is InChI=1S/C14H14N2O4/c1-14(7-2-8-19-14)13-15-11(16-20-13)9-3-5-10(6-4-9)12(17)18/h3-6H,2,7-8H2,1H3,(H,17,18). The van der Waals surface area contributed by atoms with Crippen LogP contribution in [-0.2, 0) is 10.3 Å². The molecular formula is C14H14N2O4. The monoisotopic (exact) mass is 274 g/mol. The first kappa shape index (κ1) is 12.8. The number of carboxylic acids is 1. The number of carboxylic acid groups (broad SMARTS) is 1. The maximum absolute atomic E-state index is 10.8. The molecule has 20 heavy (non-hydrogen) atoms. The van der Waals surface area contributed by atoms with Gasteiger partial charge in [0.25, 0.3) is 5.89 Å². The second-order valence-corrected chi connectivity index (χ2v) is 4.99. The van der Waals surface area contributed by atoms with Crippen molar-refractivity contribution >= 4 is 5.97 Å². The Morgan fingerprint density at radius 2 is 2.10 bits per heavy atom. The lowest BCUT2D eigenvalue weighted by Gasteiger charge is -2.16. The van der Waals surface area contributed by atoms with Crippen LogP contribution in [-0.4, -0.2) is 27.8 Å². The van der Waals surface area contributed by atoms with E-state index in [4.69, 9.17) is 14.4 Å². The molecule has 1 aliphatic heterocycles. The van der Waals surface area contributed by atoms with Crippen LogP contribution in [0.5, 0.6) is 0 Å². The summed E-state index contributed by atoms with van der Waals surface area (Å²) in [4.78, 5) is 15.2. The molecular weight excluding hydrogens is 260 g/mol. The lowest BCUT2D eigenvalue weighted by molar-refractivity contribution is -0.00937. The van der Waals surface area contributed by atoms with E-state index < -0.39 is 11.6 Å². The molecule has 0 aliphatic carbocycles. The third kappa shape index (κ3) is 2.18. The molecule has 104 valence electrons. The number of hydrogen-bond acceptors (Lipinski definition) is 5. The largest absolute Gasteiger partial charge is 0.478 e. The van der Waals surface area contributed by atoms with Crippen LogP contribution in [0.15, 0.2) is 28.8 Å². The topological polar surface area (TPSA) is 85.5 Å². The van der Waals surface area contributed by atoms with E-state index in [-0.39, 0.29) is 5.56 Å². The van der Waals surface area contributed by atoms with Crippen molar-refractivity contribution in [3.05, 3.63) is 35.7 Å². The summed E-state index contributed by atoms with van der Waals surface area (Å²) in [6.07, 6.45) is 1.83. The molecule has 6 heteroatoms. The molecule has 0 spiro atoms. The third-order valence-corrected chi connectivity index (χ3v) is 3.49. The summed E-state index contributed by atoms with van der Waals surface area (Å²) in [6.45, 7) is 2.63. The third-order valence-electron chi connectivity index (χ3n) is 3.49. The van der Waals surface area contributed by atoms with E-state index in [1.807, 2.05) is 6.92 Å². The van der Waals surface area contributed by atoms with Crippen LogP contribution >= 0.6 is 0 Å². The van der Waals surface area contributed by atoms with Crippen LogP contribution in [0.1, 0.15) is 36.0 Å². The smallest absolute Gasteiger partial charge is 0.335 e. The molecule has 6 nitrogen and oxygen atoms in total. The van der Waals surface area contributed by atoms with Gasteiger partial charge in [0, 0.05) is 12.2 Å². The molecule has 0 radical (unpaired) electrons. The van der Waals surface area contributed by atoms with Gasteiger partial charge in [-0.3, -0.25) is 0 Å². The van der Waals surface area contributed by atoms with Gasteiger partial charge in [-0.1, -0.05) is 17.3 Å². The quantitative estimate of drug-likeness (QED) is 0.925. The SMILES string of the molecule is CC1(c2nc(-c3ccc(C(=O)O)cc3)no2)CCCO1. The summed E-state index contributed by atoms with van der Waals surface area (Å²) < 4.78 is 10.9. The Bertz CT molecular complexity index is 627. The molecule has 1 N–H and O–H groups in total. The minimum absolute atomic E-state index is 0.226. The Hall–Kier alpha value is -2.21. The highest BCUT2D eigenvalue weighted by atomic mass is 16.5. The fraction of sp³-hybridized carbons (Fsp3) is 0.357. The first-order chi connectivity index (χ1) is 9.58. The molecule has 1 fully saturated rings. The van der Waals surface area contributed by atoms with Gasteiger partial charge < -0.3 is 14.4 Å². The predicted molar refractivity (Wildman–Crippen MR) is 69.2 cm³/mol. The molecule has 3 rings (SSSR count). The van der Waals surface area contributed by atoms with Crippen molar-refractivity contribution in [2.45, 2.75) is 25.4 Å². The van der Waals surface area contributed by atoms with E-state index >= 15 is 0 Å². The summed E-state index contributed by atoms with van der Waals surface area (Å²) in [7, 11) is 0. The summed E-state index contributed by atoms with van der Waals surface area (Å²) >= 11 is 0. The molecule has 0 bridgehead atoms. The number of ether oxygens (including phenoxy) is 1. The summed E-state index contributed by atoms with van der Waals surface area (Å²) in [5.74, 6) is -0.0572. The molecule has 2 aromatic rings. The highest BCUT2D eigenvalue weighted by Gasteiger charge is 2.37. The molecule has 0 amide bonds. The zero-order chi connectivity index (χ0) is 14.2. The van der Waals surface area contributed by atoms with E-state index in [0.717, 1.165) is 12.8 Å². The fourth-order valence-corrected chi connectivity index (χ4v) is 2.27. The van der Waals surface area contributed by atoms with Crippen LogP contribution in [0.2, 0.25) is 0 Å². The molecule has 0 saturated carbocycles. The summed E-state index contributed by atoms with van der Waals surface area (Å²) in [5.41, 5.74) is 0.432. The second-order valence-electron chi connectivity index (χ2n) is 4.99. The van der Waals surface area contributed by atoms with Gasteiger partial charge in [0.05, 0.1) is 5.56 Å². The molecule has 1 aromatic heterocycles. The number of aromatic carboxylic acids is 1. The molecule has 1 aromatic carbocycles. The van der Waals surface area contributed by atoms with E-state index in [2.05, 4.69) is 10.1 Å². The van der Waals surface area contributed by atoms with E-state index in [1.54, 1.807) is 12.1 Å². The van der Waals surface area contributed by atoms with Gasteiger partial charge in [-0.05, 0) is 31.9 Å².